The Labute approximate surface area is 163 Å². The molecule has 1 saturated heterocycles. The SMILES string of the molecule is Cc1ccc(C(=O)N(Cc2nc3ccccc3c(=O)[nH]2)C[C@H]2CCCO2)cc1. The summed E-state index contributed by atoms with van der Waals surface area (Å²) in [7, 11) is 0. The molecule has 0 bridgehead atoms. The number of ether oxygens (including phenoxy) is 1. The van der Waals surface area contributed by atoms with Crippen molar-refractivity contribution in [2.45, 2.75) is 32.4 Å². The van der Waals surface area contributed by atoms with Crippen molar-refractivity contribution < 1.29 is 9.53 Å². The van der Waals surface area contributed by atoms with Crippen molar-refractivity contribution in [3.8, 4) is 0 Å². The molecule has 0 aliphatic carbocycles. The van der Waals surface area contributed by atoms with E-state index >= 15 is 0 Å². The van der Waals surface area contributed by atoms with E-state index in [1.807, 2.05) is 43.3 Å². The average molecular weight is 377 g/mol. The van der Waals surface area contributed by atoms with Gasteiger partial charge in [-0.2, -0.15) is 0 Å². The molecule has 1 atom stereocenters. The van der Waals surface area contributed by atoms with Crippen molar-refractivity contribution in [2.75, 3.05) is 13.2 Å². The highest BCUT2D eigenvalue weighted by molar-refractivity contribution is 5.94. The zero-order valence-electron chi connectivity index (χ0n) is 15.9. The van der Waals surface area contributed by atoms with Crippen LogP contribution in [0, 0.1) is 6.92 Å². The lowest BCUT2D eigenvalue weighted by molar-refractivity contribution is 0.0501. The van der Waals surface area contributed by atoms with Crippen LogP contribution >= 0.6 is 0 Å². The minimum atomic E-state index is -0.194. The van der Waals surface area contributed by atoms with E-state index in [1.165, 1.54) is 0 Å². The molecular formula is C22H23N3O3. The van der Waals surface area contributed by atoms with Gasteiger partial charge in [0.15, 0.2) is 0 Å². The number of carbonyl (C=O) groups is 1. The van der Waals surface area contributed by atoms with E-state index in [-0.39, 0.29) is 24.1 Å². The number of nitrogens with zero attached hydrogens (tertiary/aromatic N) is 2. The number of hydrogen-bond acceptors (Lipinski definition) is 4. The Morgan fingerprint density at radius 3 is 2.75 bits per heavy atom. The van der Waals surface area contributed by atoms with Gasteiger partial charge >= 0.3 is 0 Å². The van der Waals surface area contributed by atoms with Crippen molar-refractivity contribution in [1.29, 1.82) is 0 Å². The molecule has 3 aromatic rings. The van der Waals surface area contributed by atoms with Crippen LogP contribution in [-0.4, -0.2) is 40.0 Å². The Bertz CT molecular complexity index is 1040. The summed E-state index contributed by atoms with van der Waals surface area (Å²) >= 11 is 0. The van der Waals surface area contributed by atoms with E-state index in [1.54, 1.807) is 17.0 Å². The fourth-order valence-corrected chi connectivity index (χ4v) is 3.52. The Morgan fingerprint density at radius 2 is 2.00 bits per heavy atom. The van der Waals surface area contributed by atoms with Gasteiger partial charge in [0.25, 0.3) is 11.5 Å². The zero-order valence-corrected chi connectivity index (χ0v) is 15.9. The minimum absolute atomic E-state index is 0.0153. The Hall–Kier alpha value is -2.99. The second-order valence-corrected chi connectivity index (χ2v) is 7.22. The van der Waals surface area contributed by atoms with Gasteiger partial charge in [0.05, 0.1) is 23.6 Å². The molecule has 2 heterocycles. The van der Waals surface area contributed by atoms with Gasteiger partial charge in [0, 0.05) is 18.7 Å². The lowest BCUT2D eigenvalue weighted by Gasteiger charge is -2.25. The number of carbonyl (C=O) groups excluding carboxylic acids is 1. The number of aromatic amines is 1. The highest BCUT2D eigenvalue weighted by atomic mass is 16.5. The van der Waals surface area contributed by atoms with Crippen LogP contribution in [0.3, 0.4) is 0 Å². The molecule has 6 nitrogen and oxygen atoms in total. The maximum atomic E-state index is 13.1. The molecule has 28 heavy (non-hydrogen) atoms. The van der Waals surface area contributed by atoms with Crippen LogP contribution in [0.15, 0.2) is 53.3 Å². The molecule has 6 heteroatoms. The van der Waals surface area contributed by atoms with E-state index in [9.17, 15) is 9.59 Å². The van der Waals surface area contributed by atoms with E-state index in [4.69, 9.17) is 4.74 Å². The molecule has 1 fully saturated rings. The summed E-state index contributed by atoms with van der Waals surface area (Å²) in [6, 6.07) is 14.7. The second-order valence-electron chi connectivity index (χ2n) is 7.22. The van der Waals surface area contributed by atoms with Gasteiger partial charge in [-0.25, -0.2) is 4.98 Å². The molecule has 1 amide bonds. The predicted molar refractivity (Wildman–Crippen MR) is 107 cm³/mol. The van der Waals surface area contributed by atoms with Crippen molar-refractivity contribution >= 4 is 16.8 Å². The van der Waals surface area contributed by atoms with Crippen molar-refractivity contribution in [3.63, 3.8) is 0 Å². The van der Waals surface area contributed by atoms with Gasteiger partial charge in [-0.1, -0.05) is 29.8 Å². The van der Waals surface area contributed by atoms with Crippen LogP contribution in [0.25, 0.3) is 10.9 Å². The van der Waals surface area contributed by atoms with Crippen molar-refractivity contribution in [3.05, 3.63) is 75.8 Å². The number of rotatable bonds is 5. The summed E-state index contributed by atoms with van der Waals surface area (Å²) in [5.74, 6) is 0.383. The fourth-order valence-electron chi connectivity index (χ4n) is 3.52. The van der Waals surface area contributed by atoms with Gasteiger partial charge < -0.3 is 14.6 Å². The third-order valence-corrected chi connectivity index (χ3v) is 5.04. The third-order valence-electron chi connectivity index (χ3n) is 5.04. The molecule has 0 unspecified atom stereocenters. The molecule has 144 valence electrons. The molecule has 4 rings (SSSR count). The minimum Gasteiger partial charge on any atom is -0.376 e. The Morgan fingerprint density at radius 1 is 1.21 bits per heavy atom. The van der Waals surface area contributed by atoms with Crippen LogP contribution < -0.4 is 5.56 Å². The average Bonchev–Trinajstić information content (AvgIpc) is 3.21. The lowest BCUT2D eigenvalue weighted by atomic mass is 10.1. The van der Waals surface area contributed by atoms with Gasteiger partial charge in [0.1, 0.15) is 5.82 Å². The topological polar surface area (TPSA) is 75.3 Å². The first-order valence-corrected chi connectivity index (χ1v) is 9.55. The second kappa shape index (κ2) is 7.94. The normalized spacial score (nSPS) is 16.4. The molecule has 0 radical (unpaired) electrons. The van der Waals surface area contributed by atoms with E-state index < -0.39 is 0 Å². The number of fused-ring (bicyclic) bond motifs is 1. The number of aromatic nitrogens is 2. The first-order valence-electron chi connectivity index (χ1n) is 9.55. The van der Waals surface area contributed by atoms with Crippen LogP contribution in [0.4, 0.5) is 0 Å². The van der Waals surface area contributed by atoms with Crippen molar-refractivity contribution in [1.82, 2.24) is 14.9 Å². The van der Waals surface area contributed by atoms with Crippen molar-refractivity contribution in [2.24, 2.45) is 0 Å². The largest absolute Gasteiger partial charge is 0.376 e. The van der Waals surface area contributed by atoms with Crippen LogP contribution in [-0.2, 0) is 11.3 Å². The van der Waals surface area contributed by atoms with Gasteiger partial charge in [-0.3, -0.25) is 9.59 Å². The van der Waals surface area contributed by atoms with Gasteiger partial charge in [-0.05, 0) is 44.0 Å². The summed E-state index contributed by atoms with van der Waals surface area (Å²) in [6.45, 7) is 3.42. The number of H-pyrrole nitrogens is 1. The molecule has 1 aromatic heterocycles. The van der Waals surface area contributed by atoms with Gasteiger partial charge in [0.2, 0.25) is 0 Å². The fraction of sp³-hybridized carbons (Fsp3) is 0.318. The van der Waals surface area contributed by atoms with Crippen LogP contribution in [0.5, 0.6) is 0 Å². The Kier molecular flexibility index (Phi) is 5.21. The summed E-state index contributed by atoms with van der Waals surface area (Å²) in [4.78, 5) is 34.6. The Balaban J connectivity index is 1.64. The van der Waals surface area contributed by atoms with Crippen LogP contribution in [0.1, 0.15) is 34.6 Å². The van der Waals surface area contributed by atoms with E-state index in [2.05, 4.69) is 9.97 Å². The molecule has 0 spiro atoms. The quantitative estimate of drug-likeness (QED) is 0.742. The summed E-state index contributed by atoms with van der Waals surface area (Å²) in [5.41, 5.74) is 2.15. The van der Waals surface area contributed by atoms with E-state index in [0.717, 1.165) is 25.0 Å². The summed E-state index contributed by atoms with van der Waals surface area (Å²) in [6.07, 6.45) is 1.95. The van der Waals surface area contributed by atoms with E-state index in [0.29, 0.717) is 28.8 Å². The third kappa shape index (κ3) is 3.97. The number of hydrogen-bond donors (Lipinski definition) is 1. The van der Waals surface area contributed by atoms with Crippen LogP contribution in [0.2, 0.25) is 0 Å². The maximum Gasteiger partial charge on any atom is 0.258 e. The monoisotopic (exact) mass is 377 g/mol. The summed E-state index contributed by atoms with van der Waals surface area (Å²) < 4.78 is 5.73. The predicted octanol–water partition coefficient (Wildman–Crippen LogP) is 3.05. The highest BCUT2D eigenvalue weighted by Gasteiger charge is 2.24. The smallest absolute Gasteiger partial charge is 0.258 e. The molecule has 1 aliphatic heterocycles. The molecule has 1 aliphatic rings. The first-order chi connectivity index (χ1) is 13.6. The van der Waals surface area contributed by atoms with Gasteiger partial charge in [-0.15, -0.1) is 0 Å². The number of para-hydroxylation sites is 1. The molecule has 1 N–H and O–H groups in total. The highest BCUT2D eigenvalue weighted by Crippen LogP contribution is 2.17. The number of amides is 1. The zero-order chi connectivity index (χ0) is 19.5. The number of benzene rings is 2. The summed E-state index contributed by atoms with van der Waals surface area (Å²) in [5, 5.41) is 0.543. The lowest BCUT2D eigenvalue weighted by Crippen LogP contribution is -2.37. The molecular weight excluding hydrogens is 354 g/mol. The number of aryl methyl sites for hydroxylation is 1. The molecule has 0 saturated carbocycles. The number of nitrogens with one attached hydrogen (secondary N) is 1. The maximum absolute atomic E-state index is 13.1. The first kappa shape index (κ1) is 18.4. The molecule has 2 aromatic carbocycles. The standard InChI is InChI=1S/C22H23N3O3/c1-15-8-10-16(11-9-15)22(27)25(13-17-5-4-12-28-17)14-20-23-19-7-3-2-6-18(19)21(26)24-20/h2-3,6-11,17H,4-5,12-14H2,1H3,(H,23,24,26)/t17-/m1/s1.